The van der Waals surface area contributed by atoms with Crippen LogP contribution in [0.25, 0.3) is 21.0 Å². The molecule has 1 saturated heterocycles. The molecule has 5 rings (SSSR count). The quantitative estimate of drug-likeness (QED) is 0.391. The molecule has 36 heavy (non-hydrogen) atoms. The van der Waals surface area contributed by atoms with Gasteiger partial charge in [-0.05, 0) is 35.7 Å². The lowest BCUT2D eigenvalue weighted by atomic mass is 10.2. The molecule has 0 bridgehead atoms. The van der Waals surface area contributed by atoms with Crippen LogP contribution in [0.2, 0.25) is 5.02 Å². The van der Waals surface area contributed by atoms with Gasteiger partial charge in [-0.25, -0.2) is 17.8 Å². The van der Waals surface area contributed by atoms with E-state index in [0.717, 1.165) is 30.3 Å². The molecule has 0 unspecified atom stereocenters. The van der Waals surface area contributed by atoms with Gasteiger partial charge in [0.15, 0.2) is 0 Å². The number of carboxylic acid groups (broad SMARTS) is 1. The molecule has 1 aromatic carbocycles. The lowest BCUT2D eigenvalue weighted by Crippen LogP contribution is -2.58. The maximum atomic E-state index is 13.5. The minimum Gasteiger partial charge on any atom is -0.464 e. The first-order chi connectivity index (χ1) is 17.2. The molecule has 0 radical (unpaired) electrons. The van der Waals surface area contributed by atoms with Gasteiger partial charge in [-0.15, -0.1) is 11.3 Å². The molecule has 1 N–H and O–H groups in total. The molecule has 0 saturated carbocycles. The summed E-state index contributed by atoms with van der Waals surface area (Å²) in [6.45, 7) is -0.310. The van der Waals surface area contributed by atoms with Crippen molar-refractivity contribution in [1.82, 2.24) is 18.8 Å². The number of benzene rings is 1. The number of ether oxygens (including phenoxy) is 1. The fourth-order valence-corrected chi connectivity index (χ4v) is 7.70. The predicted molar refractivity (Wildman–Crippen MR) is 135 cm³/mol. The van der Waals surface area contributed by atoms with Crippen LogP contribution in [0, 0.1) is 0 Å². The third-order valence-electron chi connectivity index (χ3n) is 6.10. The topological polar surface area (TPSA) is 122 Å². The Kier molecular flexibility index (Phi) is 6.47. The first-order valence-electron chi connectivity index (χ1n) is 10.8. The zero-order valence-electron chi connectivity index (χ0n) is 19.0. The lowest BCUT2D eigenvalue weighted by Gasteiger charge is -2.40. The third-order valence-corrected chi connectivity index (χ3v) is 9.70. The van der Waals surface area contributed by atoms with Crippen LogP contribution in [0.5, 0.6) is 0 Å². The van der Waals surface area contributed by atoms with E-state index in [1.807, 2.05) is 0 Å². The van der Waals surface area contributed by atoms with Gasteiger partial charge in [0.1, 0.15) is 4.21 Å². The van der Waals surface area contributed by atoms with Gasteiger partial charge in [0, 0.05) is 46.9 Å². The van der Waals surface area contributed by atoms with Crippen LogP contribution in [-0.4, -0.2) is 77.1 Å². The molecule has 0 aliphatic carbocycles. The first kappa shape index (κ1) is 24.7. The number of pyridine rings is 1. The van der Waals surface area contributed by atoms with Crippen LogP contribution >= 0.6 is 22.9 Å². The number of fused-ring (bicyclic) bond motifs is 2. The summed E-state index contributed by atoms with van der Waals surface area (Å²) in [6.07, 6.45) is 1.86. The van der Waals surface area contributed by atoms with Crippen molar-refractivity contribution < 1.29 is 27.9 Å². The molecule has 188 valence electrons. The Bertz CT molecular complexity index is 1600. The predicted octanol–water partition coefficient (Wildman–Crippen LogP) is 3.48. The third kappa shape index (κ3) is 4.35. The highest BCUT2D eigenvalue weighted by Crippen LogP contribution is 2.34. The molecule has 1 fully saturated rings. The second-order valence-corrected chi connectivity index (χ2v) is 12.0. The highest BCUT2D eigenvalue weighted by molar-refractivity contribution is 7.91. The van der Waals surface area contributed by atoms with Gasteiger partial charge in [-0.1, -0.05) is 17.7 Å². The van der Waals surface area contributed by atoms with E-state index in [1.54, 1.807) is 42.6 Å². The van der Waals surface area contributed by atoms with Crippen LogP contribution in [0.15, 0.2) is 53.0 Å². The van der Waals surface area contributed by atoms with Crippen molar-refractivity contribution in [2.24, 2.45) is 0 Å². The number of halogens is 1. The smallest absolute Gasteiger partial charge is 0.416 e. The van der Waals surface area contributed by atoms with E-state index in [9.17, 15) is 23.1 Å². The van der Waals surface area contributed by atoms with Crippen molar-refractivity contribution in [2.45, 2.75) is 16.8 Å². The Labute approximate surface area is 215 Å². The van der Waals surface area contributed by atoms with E-state index in [1.165, 1.54) is 18.2 Å². The largest absolute Gasteiger partial charge is 0.464 e. The minimum absolute atomic E-state index is 0.00572. The van der Waals surface area contributed by atoms with Crippen molar-refractivity contribution in [3.8, 4) is 0 Å². The van der Waals surface area contributed by atoms with Crippen LogP contribution < -0.4 is 0 Å². The number of aromatic nitrogens is 2. The normalized spacial score (nSPS) is 17.3. The molecule has 1 aliphatic rings. The number of sulfonamides is 1. The van der Waals surface area contributed by atoms with Crippen molar-refractivity contribution in [2.75, 3.05) is 26.8 Å². The highest BCUT2D eigenvalue weighted by atomic mass is 35.5. The zero-order chi connectivity index (χ0) is 25.6. The molecule has 1 amide bonds. The first-order valence-corrected chi connectivity index (χ1v) is 13.5. The van der Waals surface area contributed by atoms with Gasteiger partial charge in [0.25, 0.3) is 10.0 Å². The number of amides is 1. The summed E-state index contributed by atoms with van der Waals surface area (Å²) in [7, 11) is -2.50. The number of thiophene rings is 1. The van der Waals surface area contributed by atoms with Gasteiger partial charge in [0.2, 0.25) is 5.91 Å². The Balaban J connectivity index is 1.45. The number of carbonyl (C=O) groups is 2. The summed E-state index contributed by atoms with van der Waals surface area (Å²) in [5.41, 5.74) is 0.826. The van der Waals surface area contributed by atoms with E-state index in [-0.39, 0.29) is 30.5 Å². The number of nitrogens with zero attached hydrogens (tertiary/aromatic N) is 4. The SMILES string of the molecule is COC[C@H]1CN(S(=O)(=O)c2cc3ccc(Cl)cc3s2)CC(=O)N1Cc1cc2cnccc2n1C(=O)O. The summed E-state index contributed by atoms with van der Waals surface area (Å²) in [5, 5.41) is 11.7. The number of rotatable bonds is 6. The van der Waals surface area contributed by atoms with Gasteiger partial charge < -0.3 is 14.7 Å². The second kappa shape index (κ2) is 9.45. The van der Waals surface area contributed by atoms with Gasteiger partial charge >= 0.3 is 6.09 Å². The number of methoxy groups -OCH3 is 1. The summed E-state index contributed by atoms with van der Waals surface area (Å²) >= 11 is 7.14. The van der Waals surface area contributed by atoms with Crippen LogP contribution in [0.1, 0.15) is 5.69 Å². The fraction of sp³-hybridized carbons (Fsp3) is 0.261. The van der Waals surface area contributed by atoms with Crippen molar-refractivity contribution in [3.63, 3.8) is 0 Å². The number of piperazine rings is 1. The molecule has 3 aromatic heterocycles. The molecular weight excluding hydrogens is 528 g/mol. The summed E-state index contributed by atoms with van der Waals surface area (Å²) in [4.78, 5) is 30.8. The Hall–Kier alpha value is -3.03. The van der Waals surface area contributed by atoms with E-state index in [4.69, 9.17) is 16.3 Å². The maximum absolute atomic E-state index is 13.5. The molecule has 4 aromatic rings. The number of hydrogen-bond acceptors (Lipinski definition) is 7. The number of carbonyl (C=O) groups excluding carboxylic acids is 1. The van der Waals surface area contributed by atoms with Crippen LogP contribution in [0.3, 0.4) is 0 Å². The zero-order valence-corrected chi connectivity index (χ0v) is 21.4. The van der Waals surface area contributed by atoms with E-state index < -0.39 is 28.1 Å². The van der Waals surface area contributed by atoms with E-state index >= 15 is 0 Å². The number of hydrogen-bond donors (Lipinski definition) is 1. The monoisotopic (exact) mass is 548 g/mol. The molecule has 10 nitrogen and oxygen atoms in total. The average Bonchev–Trinajstić information content (AvgIpc) is 3.42. The highest BCUT2D eigenvalue weighted by Gasteiger charge is 2.39. The van der Waals surface area contributed by atoms with E-state index in [2.05, 4.69) is 4.98 Å². The lowest BCUT2D eigenvalue weighted by molar-refractivity contribution is -0.140. The molecule has 0 spiro atoms. The minimum atomic E-state index is -3.96. The molecule has 1 aliphatic heterocycles. The molecular formula is C23H21ClN4O6S2. The second-order valence-electron chi connectivity index (χ2n) is 8.36. The maximum Gasteiger partial charge on any atom is 0.416 e. The standard InChI is InChI=1S/C23H21ClN4O6S2/c1-34-13-18-10-26(36(32,33)22-7-14-2-3-16(24)8-20(14)35-22)12-21(29)27(18)11-17-6-15-9-25-5-4-19(15)28(17)23(30)31/h2-9,18H,10-13H2,1H3,(H,30,31)/t18-/m1/s1. The van der Waals surface area contributed by atoms with Crippen molar-refractivity contribution >= 4 is 66.0 Å². The molecule has 1 atom stereocenters. The Morgan fingerprint density at radius 1 is 1.25 bits per heavy atom. The van der Waals surface area contributed by atoms with Gasteiger partial charge in [-0.3, -0.25) is 9.78 Å². The van der Waals surface area contributed by atoms with Gasteiger partial charge in [-0.2, -0.15) is 4.31 Å². The van der Waals surface area contributed by atoms with Crippen molar-refractivity contribution in [3.05, 3.63) is 59.5 Å². The van der Waals surface area contributed by atoms with Crippen LogP contribution in [-0.2, 0) is 26.1 Å². The Morgan fingerprint density at radius 2 is 2.06 bits per heavy atom. The van der Waals surface area contributed by atoms with E-state index in [0.29, 0.717) is 21.6 Å². The van der Waals surface area contributed by atoms with Crippen molar-refractivity contribution in [1.29, 1.82) is 0 Å². The average molecular weight is 549 g/mol. The summed E-state index contributed by atoms with van der Waals surface area (Å²) < 4.78 is 35.3. The Morgan fingerprint density at radius 3 is 2.81 bits per heavy atom. The summed E-state index contributed by atoms with van der Waals surface area (Å²) in [6, 6.07) is 9.36. The molecule has 13 heteroatoms. The summed E-state index contributed by atoms with van der Waals surface area (Å²) in [5.74, 6) is -0.448. The van der Waals surface area contributed by atoms with Crippen LogP contribution in [0.4, 0.5) is 4.79 Å². The molecule has 4 heterocycles. The fourth-order valence-electron chi connectivity index (χ4n) is 4.44. The van der Waals surface area contributed by atoms with Gasteiger partial charge in [0.05, 0.1) is 31.3 Å².